The number of fused-ring (bicyclic) bond motifs is 1. The molecular weight excluding hydrogens is 336 g/mol. The van der Waals surface area contributed by atoms with Crippen molar-refractivity contribution in [3.63, 3.8) is 0 Å². The summed E-state index contributed by atoms with van der Waals surface area (Å²) >= 11 is 0. The van der Waals surface area contributed by atoms with Crippen molar-refractivity contribution < 1.29 is 19.1 Å². The van der Waals surface area contributed by atoms with Gasteiger partial charge in [0.05, 0.1) is 5.52 Å². The topological polar surface area (TPSA) is 109 Å². The van der Waals surface area contributed by atoms with E-state index in [2.05, 4.69) is 9.97 Å². The fraction of sp³-hybridized carbons (Fsp3) is 0.222. The van der Waals surface area contributed by atoms with Crippen LogP contribution in [-0.4, -0.2) is 26.5 Å². The Hall–Kier alpha value is -3.42. The van der Waals surface area contributed by atoms with Crippen molar-refractivity contribution in [2.75, 3.05) is 5.73 Å². The Morgan fingerprint density at radius 3 is 2.54 bits per heavy atom. The van der Waals surface area contributed by atoms with Crippen LogP contribution in [0.15, 0.2) is 30.4 Å². The second-order valence-corrected chi connectivity index (χ2v) is 6.42. The fourth-order valence-corrected chi connectivity index (χ4v) is 2.98. The van der Waals surface area contributed by atoms with E-state index in [0.717, 1.165) is 12.2 Å². The van der Waals surface area contributed by atoms with Gasteiger partial charge in [0.25, 0.3) is 0 Å². The van der Waals surface area contributed by atoms with E-state index in [1.54, 1.807) is 16.7 Å². The molecule has 2 aromatic heterocycles. The van der Waals surface area contributed by atoms with Crippen molar-refractivity contribution >= 4 is 39.7 Å². The average molecular weight is 352 g/mol. The zero-order valence-corrected chi connectivity index (χ0v) is 14.2. The van der Waals surface area contributed by atoms with Gasteiger partial charge in [-0.05, 0) is 12.0 Å². The minimum atomic E-state index is -0.728. The van der Waals surface area contributed by atoms with Crippen LogP contribution in [0, 0.1) is 5.92 Å². The molecule has 0 aliphatic carbocycles. The first-order valence-corrected chi connectivity index (χ1v) is 8.14. The van der Waals surface area contributed by atoms with Crippen LogP contribution < -0.4 is 15.2 Å². The van der Waals surface area contributed by atoms with Crippen LogP contribution in [0.3, 0.4) is 0 Å². The number of nitrogen functional groups attached to an aromatic ring is 1. The first kappa shape index (κ1) is 16.1. The van der Waals surface area contributed by atoms with Gasteiger partial charge in [0.1, 0.15) is 11.0 Å². The Balaban J connectivity index is 2.15. The quantitative estimate of drug-likeness (QED) is 0.556. The zero-order chi connectivity index (χ0) is 18.4. The van der Waals surface area contributed by atoms with Gasteiger partial charge in [0.15, 0.2) is 11.6 Å². The number of anilines is 1. The highest BCUT2D eigenvalue weighted by atomic mass is 16.6. The van der Waals surface area contributed by atoms with Gasteiger partial charge in [-0.3, -0.25) is 4.57 Å². The molecule has 132 valence electrons. The van der Waals surface area contributed by atoms with Crippen molar-refractivity contribution in [2.45, 2.75) is 20.4 Å². The summed E-state index contributed by atoms with van der Waals surface area (Å²) in [5, 5.41) is 0.708. The van der Waals surface area contributed by atoms with E-state index in [-0.39, 0.29) is 23.5 Å². The van der Waals surface area contributed by atoms with Crippen molar-refractivity contribution in [1.29, 1.82) is 0 Å². The summed E-state index contributed by atoms with van der Waals surface area (Å²) in [5.41, 5.74) is 7.67. The normalized spacial score (nSPS) is 15.5. The molecule has 0 unspecified atom stereocenters. The number of imidazole rings is 1. The fourth-order valence-electron chi connectivity index (χ4n) is 2.98. The molecule has 3 heterocycles. The summed E-state index contributed by atoms with van der Waals surface area (Å²) in [5.74, 6) is -0.743. The molecule has 1 aromatic carbocycles. The minimum absolute atomic E-state index is 0.115. The highest BCUT2D eigenvalue weighted by Crippen LogP contribution is 2.35. The first-order valence-electron chi connectivity index (χ1n) is 8.14. The molecule has 8 nitrogen and oxygen atoms in total. The summed E-state index contributed by atoms with van der Waals surface area (Å²) < 4.78 is 12.5. The zero-order valence-electron chi connectivity index (χ0n) is 14.2. The lowest BCUT2D eigenvalue weighted by molar-refractivity contribution is -0.131. The van der Waals surface area contributed by atoms with Crippen LogP contribution in [0.5, 0.6) is 11.8 Å². The molecule has 3 aromatic rings. The number of esters is 2. The molecule has 0 saturated carbocycles. The number of aromatic nitrogens is 3. The molecule has 0 amide bonds. The van der Waals surface area contributed by atoms with E-state index < -0.39 is 11.9 Å². The molecule has 4 rings (SSSR count). The van der Waals surface area contributed by atoms with Gasteiger partial charge < -0.3 is 15.2 Å². The molecule has 2 N–H and O–H groups in total. The second-order valence-electron chi connectivity index (χ2n) is 6.42. The lowest BCUT2D eigenvalue weighted by Gasteiger charge is -2.13. The lowest BCUT2D eigenvalue weighted by Crippen LogP contribution is -2.14. The number of para-hydroxylation sites is 1. The maximum Gasteiger partial charge on any atom is 0.338 e. The first-order chi connectivity index (χ1) is 12.4. The molecular formula is C18H16N4O4. The maximum atomic E-state index is 12.1. The third-order valence-electron chi connectivity index (χ3n) is 3.97. The number of carbonyl (C=O) groups excluding carboxylic acids is 2. The van der Waals surface area contributed by atoms with Crippen LogP contribution >= 0.6 is 0 Å². The lowest BCUT2D eigenvalue weighted by atomic mass is 10.1. The molecule has 5 bridgehead atoms. The molecule has 8 heteroatoms. The molecule has 1 aliphatic heterocycles. The third kappa shape index (κ3) is 2.55. The van der Waals surface area contributed by atoms with E-state index in [0.29, 0.717) is 28.5 Å². The number of hydrogen-bond donors (Lipinski definition) is 1. The average Bonchev–Trinajstić information content (AvgIpc) is 2.92. The number of nitrogens with zero attached hydrogens (tertiary/aromatic N) is 3. The Morgan fingerprint density at radius 1 is 1.08 bits per heavy atom. The molecule has 0 fully saturated rings. The van der Waals surface area contributed by atoms with E-state index in [9.17, 15) is 9.59 Å². The minimum Gasteiger partial charge on any atom is -0.421 e. The second kappa shape index (κ2) is 5.83. The van der Waals surface area contributed by atoms with Crippen molar-refractivity contribution in [1.82, 2.24) is 14.5 Å². The molecule has 0 spiro atoms. The van der Waals surface area contributed by atoms with Gasteiger partial charge in [-0.1, -0.05) is 26.0 Å². The maximum absolute atomic E-state index is 12.1. The Labute approximate surface area is 148 Å². The monoisotopic (exact) mass is 352 g/mol. The largest absolute Gasteiger partial charge is 0.421 e. The standard InChI is InChI=1S/C18H16N4O4/c1-9(2)8-22-16-10-4-3-5-11-14(10)20-17(19)15(16)21-18(22)26-13(24)7-6-12(23)25-11/h3-7,9H,8H2,1-2H3,(H2,19,20)/b7-6-. The van der Waals surface area contributed by atoms with E-state index in [1.165, 1.54) is 0 Å². The number of nitrogens with two attached hydrogens (primary N) is 1. The van der Waals surface area contributed by atoms with Gasteiger partial charge >= 0.3 is 17.9 Å². The number of carbonyl (C=O) groups is 2. The summed E-state index contributed by atoms with van der Waals surface area (Å²) in [6.45, 7) is 4.65. The predicted molar refractivity (Wildman–Crippen MR) is 94.7 cm³/mol. The Bertz CT molecular complexity index is 1100. The number of rotatable bonds is 2. The molecule has 0 atom stereocenters. The summed E-state index contributed by atoms with van der Waals surface area (Å²) in [6.07, 6.45) is 2.01. The van der Waals surface area contributed by atoms with E-state index in [4.69, 9.17) is 15.2 Å². The molecule has 26 heavy (non-hydrogen) atoms. The van der Waals surface area contributed by atoms with Gasteiger partial charge in [-0.15, -0.1) is 0 Å². The highest BCUT2D eigenvalue weighted by molar-refractivity contribution is 6.09. The highest BCUT2D eigenvalue weighted by Gasteiger charge is 2.22. The van der Waals surface area contributed by atoms with Gasteiger partial charge in [0.2, 0.25) is 0 Å². The van der Waals surface area contributed by atoms with Crippen LogP contribution in [0.1, 0.15) is 13.8 Å². The number of ether oxygens (including phenoxy) is 2. The van der Waals surface area contributed by atoms with Gasteiger partial charge in [0, 0.05) is 24.1 Å². The van der Waals surface area contributed by atoms with Crippen LogP contribution in [0.4, 0.5) is 5.82 Å². The summed E-state index contributed by atoms with van der Waals surface area (Å²) in [6, 6.07) is 5.34. The number of hydrogen-bond acceptors (Lipinski definition) is 7. The van der Waals surface area contributed by atoms with Crippen molar-refractivity contribution in [2.24, 2.45) is 5.92 Å². The summed E-state index contributed by atoms with van der Waals surface area (Å²) in [4.78, 5) is 32.7. The Kier molecular flexibility index (Phi) is 3.61. The van der Waals surface area contributed by atoms with Crippen molar-refractivity contribution in [3.05, 3.63) is 30.4 Å². The SMILES string of the molecule is CC(C)Cn1c2nc3c(N)nc4c(cccc4c31)OC(=O)/C=C\C(=O)O2. The third-order valence-corrected chi connectivity index (χ3v) is 3.97. The van der Waals surface area contributed by atoms with Gasteiger partial charge in [-0.2, -0.15) is 4.98 Å². The Morgan fingerprint density at radius 2 is 1.81 bits per heavy atom. The van der Waals surface area contributed by atoms with Crippen LogP contribution in [0.2, 0.25) is 0 Å². The van der Waals surface area contributed by atoms with Crippen molar-refractivity contribution in [3.8, 4) is 11.8 Å². The van der Waals surface area contributed by atoms with E-state index in [1.807, 2.05) is 19.9 Å². The molecule has 1 aliphatic rings. The van der Waals surface area contributed by atoms with Gasteiger partial charge in [-0.25, -0.2) is 14.6 Å². The molecule has 0 saturated heterocycles. The van der Waals surface area contributed by atoms with E-state index >= 15 is 0 Å². The smallest absolute Gasteiger partial charge is 0.338 e. The summed E-state index contributed by atoms with van der Waals surface area (Å²) in [7, 11) is 0. The number of benzene rings is 1. The number of pyridine rings is 1. The molecule has 0 radical (unpaired) electrons. The van der Waals surface area contributed by atoms with Crippen LogP contribution in [-0.2, 0) is 16.1 Å². The predicted octanol–water partition coefficient (Wildman–Crippen LogP) is 2.20. The van der Waals surface area contributed by atoms with Crippen LogP contribution in [0.25, 0.3) is 21.9 Å².